The van der Waals surface area contributed by atoms with Crippen molar-refractivity contribution in [2.75, 3.05) is 23.3 Å². The monoisotopic (exact) mass is 634 g/mol. The van der Waals surface area contributed by atoms with Gasteiger partial charge in [0.2, 0.25) is 6.71 Å². The number of nitrogens with one attached hydrogen (secondary N) is 1. The van der Waals surface area contributed by atoms with E-state index in [0.29, 0.717) is 5.92 Å². The highest BCUT2D eigenvalue weighted by molar-refractivity contribution is 7.26. The first-order valence-corrected chi connectivity index (χ1v) is 18.3. The number of anilines is 2. The van der Waals surface area contributed by atoms with Crippen LogP contribution in [-0.4, -0.2) is 19.8 Å². The van der Waals surface area contributed by atoms with Gasteiger partial charge in [0.25, 0.3) is 0 Å². The molecule has 2 heterocycles. The van der Waals surface area contributed by atoms with E-state index in [1.54, 1.807) is 10.4 Å². The number of fused-ring (bicyclic) bond motifs is 3. The van der Waals surface area contributed by atoms with Crippen molar-refractivity contribution < 1.29 is 0 Å². The van der Waals surface area contributed by atoms with Gasteiger partial charge in [-0.25, -0.2) is 0 Å². The maximum Gasteiger partial charge on any atom is 0.248 e. The predicted octanol–water partition coefficient (Wildman–Crippen LogP) is 11.2. The quantitative estimate of drug-likeness (QED) is 0.207. The van der Waals surface area contributed by atoms with Crippen molar-refractivity contribution in [3.63, 3.8) is 0 Å². The van der Waals surface area contributed by atoms with Crippen LogP contribution in [0.15, 0.2) is 96.1 Å². The molecule has 2 nitrogen and oxygen atoms in total. The minimum absolute atomic E-state index is 0.138. The van der Waals surface area contributed by atoms with Crippen molar-refractivity contribution in [2.45, 2.75) is 112 Å². The summed E-state index contributed by atoms with van der Waals surface area (Å²) in [5, 5.41) is 3.71. The van der Waals surface area contributed by atoms with Gasteiger partial charge in [0.1, 0.15) is 0 Å². The Bertz CT molecular complexity index is 1530. The molecule has 4 heteroatoms. The van der Waals surface area contributed by atoms with E-state index < -0.39 is 0 Å². The van der Waals surface area contributed by atoms with Crippen LogP contribution < -0.4 is 15.0 Å². The first-order valence-electron chi connectivity index (χ1n) is 17.4. The number of hydrogen-bond acceptors (Lipinski definition) is 3. The fourth-order valence-electron chi connectivity index (χ4n) is 6.80. The SMILES string of the molecule is C=C/C(=C\C=C\B1/C(=C\Nc2ccc(C(C)(C)C)cc2)CN(C/C=C\C(=C/C)C(C)C)c2c1sc1c2C(C)(C)CCC1(C)C)CC. The Kier molecular flexibility index (Phi) is 11.2. The second kappa shape index (κ2) is 14.4. The molecule has 0 saturated carbocycles. The molecular weight excluding hydrogens is 575 g/mol. The molecule has 0 atom stereocenters. The van der Waals surface area contributed by atoms with Crippen LogP contribution in [0.2, 0.25) is 0 Å². The number of nitrogens with zero attached hydrogens (tertiary/aromatic N) is 1. The molecule has 0 radical (unpaired) electrons. The number of allylic oxidation sites excluding steroid dienone is 7. The van der Waals surface area contributed by atoms with Crippen molar-refractivity contribution in [2.24, 2.45) is 5.92 Å². The smallest absolute Gasteiger partial charge is 0.248 e. The standard InChI is InChI=1S/C42H59BN2S/c1-13-31(14-2)18-16-26-43-34(28-44-35-22-20-33(21-23-35)40(6,7)8)29-45(27-17-19-32(15-3)30(4)5)37-36-38(46-39(37)43)42(11,12)25-24-41(36,9)10/h13,15-23,26,28,30,44H,1,14,24-25,27,29H2,2-12H3/b19-17-,26-16+,31-18+,32-15+,34-28-. The van der Waals surface area contributed by atoms with Gasteiger partial charge < -0.3 is 10.2 Å². The summed E-state index contributed by atoms with van der Waals surface area (Å²) in [5.41, 5.74) is 10.1. The Balaban J connectivity index is 1.87. The Morgan fingerprint density at radius 3 is 2.35 bits per heavy atom. The van der Waals surface area contributed by atoms with E-state index >= 15 is 0 Å². The summed E-state index contributed by atoms with van der Waals surface area (Å²) in [6.07, 6.45) is 19.2. The summed E-state index contributed by atoms with van der Waals surface area (Å²) < 4.78 is 1.49. The average molecular weight is 635 g/mol. The number of benzene rings is 1. The lowest BCUT2D eigenvalue weighted by Crippen LogP contribution is -2.46. The normalized spacial score (nSPS) is 19.3. The third-order valence-corrected chi connectivity index (χ3v) is 11.7. The molecule has 0 bridgehead atoms. The summed E-state index contributed by atoms with van der Waals surface area (Å²) in [6.45, 7) is 31.6. The minimum atomic E-state index is 0.138. The lowest BCUT2D eigenvalue weighted by atomic mass is 9.41. The minimum Gasteiger partial charge on any atom is -0.364 e. The Hall–Kier alpha value is -2.98. The molecule has 1 aromatic carbocycles. The van der Waals surface area contributed by atoms with Gasteiger partial charge in [-0.1, -0.05) is 130 Å². The lowest BCUT2D eigenvalue weighted by molar-refractivity contribution is 0.339. The number of hydrogen-bond donors (Lipinski definition) is 1. The molecule has 2 aromatic rings. The molecular formula is C42H59BN2S. The zero-order chi connectivity index (χ0) is 33.9. The van der Waals surface area contributed by atoms with Crippen molar-refractivity contribution in [1.82, 2.24) is 0 Å². The molecule has 1 aliphatic carbocycles. The predicted molar refractivity (Wildman–Crippen MR) is 209 cm³/mol. The molecule has 4 rings (SSSR count). The summed E-state index contributed by atoms with van der Waals surface area (Å²) in [5.74, 6) is 2.95. The van der Waals surface area contributed by atoms with Crippen LogP contribution in [0.1, 0.15) is 111 Å². The number of rotatable bonds is 10. The van der Waals surface area contributed by atoms with Crippen LogP contribution in [0.25, 0.3) is 0 Å². The van der Waals surface area contributed by atoms with Crippen molar-refractivity contribution in [3.05, 3.63) is 112 Å². The zero-order valence-electron chi connectivity index (χ0n) is 30.7. The molecule has 0 saturated heterocycles. The van der Waals surface area contributed by atoms with Gasteiger partial charge in [-0.2, -0.15) is 11.3 Å². The van der Waals surface area contributed by atoms with Gasteiger partial charge >= 0.3 is 0 Å². The van der Waals surface area contributed by atoms with Crippen LogP contribution in [0.5, 0.6) is 0 Å². The van der Waals surface area contributed by atoms with Crippen molar-refractivity contribution in [1.29, 1.82) is 0 Å². The van der Waals surface area contributed by atoms with Crippen LogP contribution in [0, 0.1) is 5.92 Å². The summed E-state index contributed by atoms with van der Waals surface area (Å²) in [4.78, 5) is 4.25. The lowest BCUT2D eigenvalue weighted by Gasteiger charge is -2.42. The average Bonchev–Trinajstić information content (AvgIpc) is 3.43. The molecule has 0 amide bonds. The van der Waals surface area contributed by atoms with Crippen LogP contribution in [0.4, 0.5) is 11.4 Å². The maximum atomic E-state index is 4.04. The Morgan fingerprint density at radius 1 is 1.09 bits per heavy atom. The van der Waals surface area contributed by atoms with E-state index in [2.05, 4.69) is 171 Å². The van der Waals surface area contributed by atoms with E-state index in [1.807, 2.05) is 6.08 Å². The fraction of sp³-hybridized carbons (Fsp3) is 0.476. The highest BCUT2D eigenvalue weighted by Gasteiger charge is 2.46. The first kappa shape index (κ1) is 35.9. The largest absolute Gasteiger partial charge is 0.364 e. The third kappa shape index (κ3) is 7.93. The molecule has 1 aromatic heterocycles. The molecule has 0 spiro atoms. The van der Waals surface area contributed by atoms with Gasteiger partial charge in [0.05, 0.1) is 0 Å². The van der Waals surface area contributed by atoms with Gasteiger partial charge in [0, 0.05) is 34.1 Å². The topological polar surface area (TPSA) is 15.3 Å². The fourth-order valence-corrected chi connectivity index (χ4v) is 8.56. The Labute approximate surface area is 286 Å². The zero-order valence-corrected chi connectivity index (χ0v) is 31.5. The molecule has 0 fully saturated rings. The molecule has 1 aliphatic heterocycles. The molecule has 246 valence electrons. The maximum absolute atomic E-state index is 4.04. The number of thiophene rings is 1. The Morgan fingerprint density at radius 2 is 1.76 bits per heavy atom. The highest BCUT2D eigenvalue weighted by Crippen LogP contribution is 2.53. The highest BCUT2D eigenvalue weighted by atomic mass is 32.1. The summed E-state index contributed by atoms with van der Waals surface area (Å²) in [7, 11) is 0. The third-order valence-electron chi connectivity index (χ3n) is 10.0. The van der Waals surface area contributed by atoms with Gasteiger partial charge in [-0.15, -0.1) is 5.98 Å². The molecule has 1 N–H and O–H groups in total. The van der Waals surface area contributed by atoms with E-state index in [4.69, 9.17) is 0 Å². The van der Waals surface area contributed by atoms with Gasteiger partial charge in [0.15, 0.2) is 0 Å². The molecule has 46 heavy (non-hydrogen) atoms. The summed E-state index contributed by atoms with van der Waals surface area (Å²) >= 11 is 2.07. The van der Waals surface area contributed by atoms with Crippen molar-refractivity contribution in [3.8, 4) is 0 Å². The van der Waals surface area contributed by atoms with Crippen LogP contribution in [0.3, 0.4) is 0 Å². The van der Waals surface area contributed by atoms with Crippen LogP contribution in [-0.2, 0) is 16.2 Å². The summed E-state index contributed by atoms with van der Waals surface area (Å²) in [6, 6.07) is 8.95. The van der Waals surface area contributed by atoms with E-state index in [9.17, 15) is 0 Å². The van der Waals surface area contributed by atoms with E-state index in [0.717, 1.165) is 25.2 Å². The first-order chi connectivity index (χ1) is 21.6. The van der Waals surface area contributed by atoms with Gasteiger partial charge in [-0.3, -0.25) is 0 Å². The van der Waals surface area contributed by atoms with Crippen molar-refractivity contribution >= 4 is 34.2 Å². The second-order valence-electron chi connectivity index (χ2n) is 15.9. The van der Waals surface area contributed by atoms with E-state index in [1.165, 1.54) is 45.5 Å². The van der Waals surface area contributed by atoms with Gasteiger partial charge in [-0.05, 0) is 89.0 Å². The molecule has 2 aliphatic rings. The van der Waals surface area contributed by atoms with Crippen LogP contribution >= 0.6 is 11.3 Å². The molecule has 0 unspecified atom stereocenters. The van der Waals surface area contributed by atoms with E-state index in [-0.39, 0.29) is 23.0 Å². The second-order valence-corrected chi connectivity index (χ2v) is 16.9.